The molecule has 3 rings (SSSR count). The quantitative estimate of drug-likeness (QED) is 0.856. The summed E-state index contributed by atoms with van der Waals surface area (Å²) in [5, 5.41) is 2.73. The number of furan rings is 1. The Hall–Kier alpha value is -2.58. The Morgan fingerprint density at radius 2 is 1.93 bits per heavy atom. The zero-order chi connectivity index (χ0) is 20.8. The number of carbonyl (C=O) groups is 1. The molecule has 1 fully saturated rings. The summed E-state index contributed by atoms with van der Waals surface area (Å²) < 4.78 is 44.3. The van der Waals surface area contributed by atoms with Crippen LogP contribution in [0, 0.1) is 27.7 Å². The monoisotopic (exact) mass is 396 g/mol. The number of aromatic nitrogens is 2. The second-order valence-corrected chi connectivity index (χ2v) is 7.29. The zero-order valence-electron chi connectivity index (χ0n) is 16.4. The van der Waals surface area contributed by atoms with E-state index in [1.807, 2.05) is 27.7 Å². The molecule has 0 radical (unpaired) electrons. The molecular formula is C19H23F3N4O2. The van der Waals surface area contributed by atoms with Gasteiger partial charge in [-0.2, -0.15) is 13.2 Å². The molecule has 1 N–H and O–H groups in total. The van der Waals surface area contributed by atoms with Crippen LogP contribution in [0.2, 0.25) is 0 Å². The van der Waals surface area contributed by atoms with Crippen molar-refractivity contribution in [2.75, 3.05) is 11.4 Å². The molecule has 3 heterocycles. The fraction of sp³-hybridized carbons (Fsp3) is 0.526. The average Bonchev–Trinajstić information content (AvgIpc) is 3.13. The number of carbonyl (C=O) groups excluding carboxylic acids is 1. The fourth-order valence-electron chi connectivity index (χ4n) is 3.66. The molecule has 1 saturated heterocycles. The first-order valence-corrected chi connectivity index (χ1v) is 9.03. The average molecular weight is 396 g/mol. The van der Waals surface area contributed by atoms with Crippen molar-refractivity contribution in [3.8, 4) is 0 Å². The first kappa shape index (κ1) is 20.2. The third-order valence-corrected chi connectivity index (χ3v) is 5.16. The second-order valence-electron chi connectivity index (χ2n) is 7.29. The summed E-state index contributed by atoms with van der Waals surface area (Å²) >= 11 is 0. The molecule has 1 aliphatic rings. The highest BCUT2D eigenvalue weighted by Gasteiger charge is 2.40. The van der Waals surface area contributed by atoms with E-state index < -0.39 is 23.2 Å². The Balaban J connectivity index is 1.80. The lowest BCUT2D eigenvalue weighted by molar-refractivity contribution is -0.138. The molecule has 0 spiro atoms. The van der Waals surface area contributed by atoms with E-state index in [0.29, 0.717) is 25.1 Å². The summed E-state index contributed by atoms with van der Waals surface area (Å²) in [7, 11) is 0. The molecule has 2 unspecified atom stereocenters. The van der Waals surface area contributed by atoms with E-state index in [1.165, 1.54) is 6.92 Å². The zero-order valence-corrected chi connectivity index (χ0v) is 16.4. The topological polar surface area (TPSA) is 71.3 Å². The maximum Gasteiger partial charge on any atom is 0.420 e. The first-order chi connectivity index (χ1) is 13.0. The standard InChI is InChI=1S/C19H23F3N4O2/c1-9-6-14(7-26(9)17-10(2)11(3)23-13(5)24-17)25-18(27)16-12(4)28-8-15(16)19(20,21)22/h8-9,14H,6-7H2,1-5H3,(H,25,27). The van der Waals surface area contributed by atoms with Gasteiger partial charge in [0.25, 0.3) is 5.91 Å². The summed E-state index contributed by atoms with van der Waals surface area (Å²) in [4.78, 5) is 23.5. The lowest BCUT2D eigenvalue weighted by Gasteiger charge is -2.25. The van der Waals surface area contributed by atoms with E-state index in [9.17, 15) is 18.0 Å². The number of anilines is 1. The van der Waals surface area contributed by atoms with Gasteiger partial charge < -0.3 is 14.6 Å². The van der Waals surface area contributed by atoms with E-state index >= 15 is 0 Å². The summed E-state index contributed by atoms with van der Waals surface area (Å²) in [5.74, 6) is 0.626. The molecule has 0 saturated carbocycles. The molecule has 6 nitrogen and oxygen atoms in total. The molecule has 9 heteroatoms. The first-order valence-electron chi connectivity index (χ1n) is 9.03. The van der Waals surface area contributed by atoms with Crippen LogP contribution in [0.4, 0.5) is 19.0 Å². The van der Waals surface area contributed by atoms with Crippen LogP contribution in [0.5, 0.6) is 0 Å². The van der Waals surface area contributed by atoms with Crippen molar-refractivity contribution in [2.45, 2.75) is 59.3 Å². The molecule has 2 aromatic heterocycles. The summed E-state index contributed by atoms with van der Waals surface area (Å²) in [6, 6.07) is -0.224. The summed E-state index contributed by atoms with van der Waals surface area (Å²) in [5.41, 5.74) is 0.326. The molecule has 0 aliphatic carbocycles. The maximum absolute atomic E-state index is 13.1. The van der Waals surface area contributed by atoms with E-state index in [1.54, 1.807) is 0 Å². The van der Waals surface area contributed by atoms with Gasteiger partial charge in [-0.3, -0.25) is 4.79 Å². The second kappa shape index (κ2) is 7.10. The Kier molecular flexibility index (Phi) is 5.12. The van der Waals surface area contributed by atoms with Crippen molar-refractivity contribution in [1.82, 2.24) is 15.3 Å². The third kappa shape index (κ3) is 3.70. The Bertz CT molecular complexity index is 907. The SMILES string of the molecule is Cc1nc(C)c(C)c(N2CC(NC(=O)c3c(C(F)(F)F)coc3C)CC2C)n1. The fourth-order valence-corrected chi connectivity index (χ4v) is 3.66. The van der Waals surface area contributed by atoms with Gasteiger partial charge in [0.05, 0.1) is 5.56 Å². The minimum absolute atomic E-state index is 0.0504. The van der Waals surface area contributed by atoms with Gasteiger partial charge in [-0.05, 0) is 41.0 Å². The molecular weight excluding hydrogens is 373 g/mol. The largest absolute Gasteiger partial charge is 0.468 e. The lowest BCUT2D eigenvalue weighted by Crippen LogP contribution is -2.38. The predicted octanol–water partition coefficient (Wildman–Crippen LogP) is 3.72. The minimum atomic E-state index is -4.65. The van der Waals surface area contributed by atoms with Crippen LogP contribution < -0.4 is 10.2 Å². The highest BCUT2D eigenvalue weighted by molar-refractivity contribution is 5.97. The highest BCUT2D eigenvalue weighted by atomic mass is 19.4. The lowest BCUT2D eigenvalue weighted by atomic mass is 10.1. The van der Waals surface area contributed by atoms with Gasteiger partial charge in [-0.15, -0.1) is 0 Å². The molecule has 28 heavy (non-hydrogen) atoms. The number of rotatable bonds is 3. The van der Waals surface area contributed by atoms with Gasteiger partial charge in [0.2, 0.25) is 0 Å². The number of hydrogen-bond acceptors (Lipinski definition) is 5. The van der Waals surface area contributed by atoms with Crippen molar-refractivity contribution in [3.05, 3.63) is 40.2 Å². The minimum Gasteiger partial charge on any atom is -0.468 e. The van der Waals surface area contributed by atoms with Crippen molar-refractivity contribution in [1.29, 1.82) is 0 Å². The molecule has 1 amide bonds. The number of halogens is 3. The molecule has 0 aromatic carbocycles. The molecule has 2 aromatic rings. The molecule has 1 aliphatic heterocycles. The normalized spacial score (nSPS) is 19.9. The highest BCUT2D eigenvalue weighted by Crippen LogP contribution is 2.35. The number of amides is 1. The van der Waals surface area contributed by atoms with Gasteiger partial charge in [-0.25, -0.2) is 9.97 Å². The third-order valence-electron chi connectivity index (χ3n) is 5.16. The number of hydrogen-bond donors (Lipinski definition) is 1. The predicted molar refractivity (Wildman–Crippen MR) is 97.4 cm³/mol. The van der Waals surface area contributed by atoms with Gasteiger partial charge in [0.1, 0.15) is 29.2 Å². The van der Waals surface area contributed by atoms with Crippen LogP contribution in [0.25, 0.3) is 0 Å². The van der Waals surface area contributed by atoms with Gasteiger partial charge >= 0.3 is 6.18 Å². The molecule has 2 atom stereocenters. The van der Waals surface area contributed by atoms with Crippen LogP contribution in [0.3, 0.4) is 0 Å². The van der Waals surface area contributed by atoms with Crippen molar-refractivity contribution >= 4 is 11.7 Å². The summed E-state index contributed by atoms with van der Waals surface area (Å²) in [6.07, 6.45) is -3.46. The smallest absolute Gasteiger partial charge is 0.420 e. The van der Waals surface area contributed by atoms with Crippen molar-refractivity contribution in [2.24, 2.45) is 0 Å². The van der Waals surface area contributed by atoms with Crippen LogP contribution in [-0.2, 0) is 6.18 Å². The number of aryl methyl sites for hydroxylation is 3. The number of alkyl halides is 3. The Labute approximate surface area is 161 Å². The van der Waals surface area contributed by atoms with Crippen LogP contribution in [0.1, 0.15) is 52.1 Å². The van der Waals surface area contributed by atoms with Gasteiger partial charge in [-0.1, -0.05) is 0 Å². The Morgan fingerprint density at radius 3 is 2.57 bits per heavy atom. The van der Waals surface area contributed by atoms with Gasteiger partial charge in [0, 0.05) is 29.9 Å². The van der Waals surface area contributed by atoms with Crippen LogP contribution in [0.15, 0.2) is 10.7 Å². The van der Waals surface area contributed by atoms with Crippen molar-refractivity contribution < 1.29 is 22.4 Å². The molecule has 152 valence electrons. The number of nitrogens with one attached hydrogen (secondary N) is 1. The van der Waals surface area contributed by atoms with E-state index in [4.69, 9.17) is 4.42 Å². The maximum atomic E-state index is 13.1. The van der Waals surface area contributed by atoms with Crippen LogP contribution >= 0.6 is 0 Å². The number of nitrogens with zero attached hydrogens (tertiary/aromatic N) is 3. The molecule has 0 bridgehead atoms. The summed E-state index contributed by atoms with van der Waals surface area (Å²) in [6.45, 7) is 9.48. The van der Waals surface area contributed by atoms with Crippen LogP contribution in [-0.4, -0.2) is 34.5 Å². The van der Waals surface area contributed by atoms with Gasteiger partial charge in [0.15, 0.2) is 0 Å². The van der Waals surface area contributed by atoms with Crippen molar-refractivity contribution in [3.63, 3.8) is 0 Å². The Morgan fingerprint density at radius 1 is 1.25 bits per heavy atom. The van der Waals surface area contributed by atoms with E-state index in [-0.39, 0.29) is 17.8 Å². The van der Waals surface area contributed by atoms with E-state index in [0.717, 1.165) is 17.1 Å². The van der Waals surface area contributed by atoms with E-state index in [2.05, 4.69) is 20.2 Å².